The van der Waals surface area contributed by atoms with Crippen LogP contribution < -0.4 is 16.2 Å². The van der Waals surface area contributed by atoms with Crippen LogP contribution in [0.4, 0.5) is 4.39 Å². The first kappa shape index (κ1) is 18.4. The quantitative estimate of drug-likeness (QED) is 0.711. The van der Waals surface area contributed by atoms with Crippen LogP contribution >= 0.6 is 11.6 Å². The molecule has 0 saturated carbocycles. The van der Waals surface area contributed by atoms with Crippen LogP contribution in [0.25, 0.3) is 0 Å². The molecule has 8 heteroatoms. The van der Waals surface area contributed by atoms with Gasteiger partial charge in [0.25, 0.3) is 11.8 Å². The number of halogens is 2. The first-order valence-electron chi connectivity index (χ1n) is 7.35. The molecule has 2 aromatic rings. The normalized spacial score (nSPS) is 10.0. The van der Waals surface area contributed by atoms with E-state index in [0.717, 1.165) is 6.07 Å². The van der Waals surface area contributed by atoms with Crippen LogP contribution in [0.1, 0.15) is 27.1 Å². The third-order valence-corrected chi connectivity index (χ3v) is 3.52. The largest absolute Gasteiger partial charge is 0.351 e. The molecule has 2 rings (SSSR count). The highest BCUT2D eigenvalue weighted by molar-refractivity contribution is 6.33. The van der Waals surface area contributed by atoms with Gasteiger partial charge in [0.05, 0.1) is 16.1 Å². The summed E-state index contributed by atoms with van der Waals surface area (Å²) in [6.07, 6.45) is -0.0757. The van der Waals surface area contributed by atoms with Crippen LogP contribution in [-0.2, 0) is 4.79 Å². The fraction of sp³-hybridized carbons (Fsp3) is 0.118. The smallest absolute Gasteiger partial charge is 0.272 e. The molecule has 0 aromatic heterocycles. The third kappa shape index (κ3) is 5.29. The summed E-state index contributed by atoms with van der Waals surface area (Å²) >= 11 is 5.90. The number of amides is 3. The van der Waals surface area contributed by atoms with E-state index < -0.39 is 23.5 Å². The van der Waals surface area contributed by atoms with E-state index in [1.165, 1.54) is 18.2 Å². The number of carbonyl (C=O) groups excluding carboxylic acids is 3. The average molecular weight is 364 g/mol. The minimum atomic E-state index is -0.772. The average Bonchev–Trinajstić information content (AvgIpc) is 2.60. The van der Waals surface area contributed by atoms with Gasteiger partial charge in [-0.2, -0.15) is 0 Å². The lowest BCUT2D eigenvalue weighted by Gasteiger charge is -2.09. The molecule has 25 heavy (non-hydrogen) atoms. The minimum Gasteiger partial charge on any atom is -0.351 e. The van der Waals surface area contributed by atoms with Crippen molar-refractivity contribution < 1.29 is 18.8 Å². The standard InChI is InChI=1S/C17H15ClFN3O3/c18-13-7-3-1-5-11(13)16(24)20-10-9-15(23)21-22-17(25)12-6-2-4-8-14(12)19/h1-8H,9-10H2,(H,20,24)(H,21,23)(H,22,25). The second kappa shape index (κ2) is 8.79. The van der Waals surface area contributed by atoms with E-state index in [-0.39, 0.29) is 18.5 Å². The molecule has 0 saturated heterocycles. The fourth-order valence-corrected chi connectivity index (χ4v) is 2.15. The van der Waals surface area contributed by atoms with Crippen LogP contribution in [0, 0.1) is 5.82 Å². The summed E-state index contributed by atoms with van der Waals surface area (Å²) < 4.78 is 13.4. The second-order valence-corrected chi connectivity index (χ2v) is 5.38. The molecule has 0 unspecified atom stereocenters. The van der Waals surface area contributed by atoms with E-state index in [1.54, 1.807) is 24.3 Å². The van der Waals surface area contributed by atoms with Crippen molar-refractivity contribution in [2.24, 2.45) is 0 Å². The summed E-state index contributed by atoms with van der Waals surface area (Å²) in [5.74, 6) is -2.41. The summed E-state index contributed by atoms with van der Waals surface area (Å²) in [5, 5.41) is 2.85. The molecule has 3 amide bonds. The molecule has 0 heterocycles. The molecule has 0 atom stereocenters. The maximum absolute atomic E-state index is 13.4. The van der Waals surface area contributed by atoms with Crippen molar-refractivity contribution in [1.29, 1.82) is 0 Å². The molecular weight excluding hydrogens is 349 g/mol. The Morgan fingerprint density at radius 1 is 0.880 bits per heavy atom. The highest BCUT2D eigenvalue weighted by Crippen LogP contribution is 2.14. The monoisotopic (exact) mass is 363 g/mol. The maximum Gasteiger partial charge on any atom is 0.272 e. The number of hydrazine groups is 1. The Hall–Kier alpha value is -2.93. The molecular formula is C17H15ClFN3O3. The molecule has 0 aliphatic rings. The Bertz CT molecular complexity index is 798. The van der Waals surface area contributed by atoms with E-state index >= 15 is 0 Å². The number of carbonyl (C=O) groups is 3. The van der Waals surface area contributed by atoms with Gasteiger partial charge in [-0.3, -0.25) is 25.2 Å². The van der Waals surface area contributed by atoms with Crippen molar-refractivity contribution in [3.63, 3.8) is 0 Å². The molecule has 0 fully saturated rings. The van der Waals surface area contributed by atoms with Crippen LogP contribution in [0.15, 0.2) is 48.5 Å². The second-order valence-electron chi connectivity index (χ2n) is 4.97. The molecule has 0 spiro atoms. The minimum absolute atomic E-state index is 0.0471. The van der Waals surface area contributed by atoms with E-state index in [4.69, 9.17) is 11.6 Å². The van der Waals surface area contributed by atoms with Crippen LogP contribution in [-0.4, -0.2) is 24.3 Å². The summed E-state index contributed by atoms with van der Waals surface area (Å²) in [6, 6.07) is 11.9. The summed E-state index contributed by atoms with van der Waals surface area (Å²) in [5.41, 5.74) is 4.37. The molecule has 0 bridgehead atoms. The topological polar surface area (TPSA) is 87.3 Å². The van der Waals surface area contributed by atoms with Gasteiger partial charge in [-0.25, -0.2) is 4.39 Å². The Labute approximate surface area is 148 Å². The van der Waals surface area contributed by atoms with E-state index in [2.05, 4.69) is 16.2 Å². The first-order valence-corrected chi connectivity index (χ1v) is 7.73. The van der Waals surface area contributed by atoms with Crippen molar-refractivity contribution in [3.8, 4) is 0 Å². The Kier molecular flexibility index (Phi) is 6.47. The highest BCUT2D eigenvalue weighted by atomic mass is 35.5. The predicted octanol–water partition coefficient (Wildman–Crippen LogP) is 2.06. The Balaban J connectivity index is 1.74. The van der Waals surface area contributed by atoms with Crippen molar-refractivity contribution in [3.05, 3.63) is 70.5 Å². The van der Waals surface area contributed by atoms with Gasteiger partial charge >= 0.3 is 0 Å². The van der Waals surface area contributed by atoms with Gasteiger partial charge in [-0.05, 0) is 24.3 Å². The third-order valence-electron chi connectivity index (χ3n) is 3.19. The zero-order chi connectivity index (χ0) is 18.2. The van der Waals surface area contributed by atoms with Crippen molar-refractivity contribution in [2.75, 3.05) is 6.54 Å². The number of nitrogens with one attached hydrogen (secondary N) is 3. The van der Waals surface area contributed by atoms with Gasteiger partial charge in [0, 0.05) is 13.0 Å². The lowest BCUT2D eigenvalue weighted by Crippen LogP contribution is -2.43. The van der Waals surface area contributed by atoms with Crippen LogP contribution in [0.2, 0.25) is 5.02 Å². The lowest BCUT2D eigenvalue weighted by atomic mass is 10.2. The molecule has 0 radical (unpaired) electrons. The zero-order valence-electron chi connectivity index (χ0n) is 13.0. The SMILES string of the molecule is O=C(CCNC(=O)c1ccccc1Cl)NNC(=O)c1ccccc1F. The van der Waals surface area contributed by atoms with Gasteiger partial charge in [-0.15, -0.1) is 0 Å². The molecule has 6 nitrogen and oxygen atoms in total. The molecule has 0 aliphatic heterocycles. The number of benzene rings is 2. The highest BCUT2D eigenvalue weighted by Gasteiger charge is 2.12. The van der Waals surface area contributed by atoms with Crippen molar-refractivity contribution in [2.45, 2.75) is 6.42 Å². The van der Waals surface area contributed by atoms with Crippen molar-refractivity contribution >= 4 is 29.3 Å². The molecule has 2 aromatic carbocycles. The summed E-state index contributed by atoms with van der Waals surface area (Å²) in [4.78, 5) is 35.3. The number of hydrogen-bond acceptors (Lipinski definition) is 3. The first-order chi connectivity index (χ1) is 12.0. The van der Waals surface area contributed by atoms with E-state index in [9.17, 15) is 18.8 Å². The van der Waals surface area contributed by atoms with Gasteiger partial charge in [-0.1, -0.05) is 35.9 Å². The molecule has 0 aliphatic carbocycles. The Morgan fingerprint density at radius 3 is 2.20 bits per heavy atom. The summed E-state index contributed by atoms with van der Waals surface area (Å²) in [6.45, 7) is 0.0471. The Morgan fingerprint density at radius 2 is 1.52 bits per heavy atom. The number of hydrogen-bond donors (Lipinski definition) is 3. The number of rotatable bonds is 5. The maximum atomic E-state index is 13.4. The fourth-order valence-electron chi connectivity index (χ4n) is 1.93. The van der Waals surface area contributed by atoms with Crippen LogP contribution in [0.5, 0.6) is 0 Å². The van der Waals surface area contributed by atoms with Gasteiger partial charge in [0.1, 0.15) is 5.82 Å². The predicted molar refractivity (Wildman–Crippen MR) is 90.4 cm³/mol. The molecule has 130 valence electrons. The zero-order valence-corrected chi connectivity index (χ0v) is 13.8. The summed E-state index contributed by atoms with van der Waals surface area (Å²) in [7, 11) is 0. The van der Waals surface area contributed by atoms with E-state index in [1.807, 2.05) is 0 Å². The molecule has 3 N–H and O–H groups in total. The lowest BCUT2D eigenvalue weighted by molar-refractivity contribution is -0.121. The van der Waals surface area contributed by atoms with E-state index in [0.29, 0.717) is 10.6 Å². The van der Waals surface area contributed by atoms with Gasteiger partial charge in [0.2, 0.25) is 5.91 Å². The van der Waals surface area contributed by atoms with Gasteiger partial charge < -0.3 is 5.32 Å². The van der Waals surface area contributed by atoms with Gasteiger partial charge in [0.15, 0.2) is 0 Å². The van der Waals surface area contributed by atoms with Crippen molar-refractivity contribution in [1.82, 2.24) is 16.2 Å². The van der Waals surface area contributed by atoms with Crippen LogP contribution in [0.3, 0.4) is 0 Å².